The molecule has 0 unspecified atom stereocenters. The molecular formula is C13H25F3N2S. The Morgan fingerprint density at radius 2 is 1.89 bits per heavy atom. The fourth-order valence-corrected chi connectivity index (χ4v) is 2.86. The molecule has 0 aromatic rings. The molecular weight excluding hydrogens is 273 g/mol. The molecule has 0 atom stereocenters. The van der Waals surface area contributed by atoms with Crippen molar-refractivity contribution in [2.24, 2.45) is 11.8 Å². The van der Waals surface area contributed by atoms with Gasteiger partial charge in [-0.3, -0.25) is 0 Å². The van der Waals surface area contributed by atoms with E-state index in [9.17, 15) is 13.2 Å². The van der Waals surface area contributed by atoms with Crippen LogP contribution in [0.5, 0.6) is 0 Å². The molecule has 2 nitrogen and oxygen atoms in total. The largest absolute Gasteiger partial charge is 0.441 e. The fourth-order valence-electron chi connectivity index (χ4n) is 2.28. The Bertz CT molecular complexity index is 239. The lowest BCUT2D eigenvalue weighted by Gasteiger charge is -2.32. The molecule has 0 amide bonds. The van der Waals surface area contributed by atoms with Crippen molar-refractivity contribution in [3.63, 3.8) is 0 Å². The van der Waals surface area contributed by atoms with Crippen molar-refractivity contribution in [3.8, 4) is 0 Å². The van der Waals surface area contributed by atoms with E-state index >= 15 is 0 Å². The van der Waals surface area contributed by atoms with Crippen LogP contribution < -0.4 is 5.32 Å². The number of nitrogens with zero attached hydrogens (tertiary/aromatic N) is 1. The summed E-state index contributed by atoms with van der Waals surface area (Å²) in [6.07, 6.45) is 2.20. The molecule has 0 spiro atoms. The lowest BCUT2D eigenvalue weighted by atomic mass is 9.96. The van der Waals surface area contributed by atoms with E-state index in [4.69, 9.17) is 0 Å². The topological polar surface area (TPSA) is 15.3 Å². The smallest absolute Gasteiger partial charge is 0.316 e. The monoisotopic (exact) mass is 298 g/mol. The first-order valence-electron chi connectivity index (χ1n) is 7.00. The first kappa shape index (κ1) is 17.1. The number of nitrogens with one attached hydrogen (secondary N) is 1. The Kier molecular flexibility index (Phi) is 7.54. The van der Waals surface area contributed by atoms with E-state index < -0.39 is 5.51 Å². The highest BCUT2D eigenvalue weighted by molar-refractivity contribution is 8.00. The molecule has 1 saturated heterocycles. The Labute approximate surface area is 118 Å². The van der Waals surface area contributed by atoms with Crippen molar-refractivity contribution in [1.82, 2.24) is 10.2 Å². The van der Waals surface area contributed by atoms with Crippen molar-refractivity contribution in [2.75, 3.05) is 38.5 Å². The van der Waals surface area contributed by atoms with Crippen molar-refractivity contribution in [2.45, 2.75) is 32.2 Å². The minimum Gasteiger partial charge on any atom is -0.316 e. The number of piperidine rings is 1. The zero-order chi connectivity index (χ0) is 14.3. The summed E-state index contributed by atoms with van der Waals surface area (Å²) in [6.45, 7) is 8.89. The van der Waals surface area contributed by atoms with Gasteiger partial charge in [-0.2, -0.15) is 13.2 Å². The number of halogens is 3. The quantitative estimate of drug-likeness (QED) is 0.777. The molecule has 114 valence electrons. The van der Waals surface area contributed by atoms with Gasteiger partial charge >= 0.3 is 5.51 Å². The van der Waals surface area contributed by atoms with Crippen molar-refractivity contribution < 1.29 is 13.2 Å². The zero-order valence-electron chi connectivity index (χ0n) is 11.8. The van der Waals surface area contributed by atoms with Crippen molar-refractivity contribution in [3.05, 3.63) is 0 Å². The minimum atomic E-state index is -4.08. The van der Waals surface area contributed by atoms with Gasteiger partial charge in [-0.1, -0.05) is 13.8 Å². The van der Waals surface area contributed by atoms with Crippen LogP contribution in [0.1, 0.15) is 26.7 Å². The van der Waals surface area contributed by atoms with Crippen LogP contribution in [0.15, 0.2) is 0 Å². The first-order chi connectivity index (χ1) is 8.87. The van der Waals surface area contributed by atoms with Gasteiger partial charge in [-0.25, -0.2) is 0 Å². The Morgan fingerprint density at radius 3 is 2.42 bits per heavy atom. The third-order valence-corrected chi connectivity index (χ3v) is 4.08. The van der Waals surface area contributed by atoms with Crippen LogP contribution in [-0.4, -0.2) is 48.9 Å². The average molecular weight is 298 g/mol. The average Bonchev–Trinajstić information content (AvgIpc) is 2.29. The summed E-state index contributed by atoms with van der Waals surface area (Å²) in [4.78, 5) is 2.15. The second-order valence-corrected chi connectivity index (χ2v) is 6.79. The van der Waals surface area contributed by atoms with Gasteiger partial charge in [0.25, 0.3) is 0 Å². The molecule has 1 rings (SSSR count). The summed E-state index contributed by atoms with van der Waals surface area (Å²) in [7, 11) is 0. The molecule has 1 N–H and O–H groups in total. The molecule has 0 aromatic carbocycles. The number of likely N-dealkylation sites (tertiary alicyclic amines) is 1. The predicted octanol–water partition coefficient (Wildman–Crippen LogP) is 3.20. The van der Waals surface area contributed by atoms with Gasteiger partial charge in [0.1, 0.15) is 0 Å². The van der Waals surface area contributed by atoms with E-state index in [1.54, 1.807) is 0 Å². The van der Waals surface area contributed by atoms with Crippen LogP contribution in [-0.2, 0) is 0 Å². The van der Waals surface area contributed by atoms with E-state index in [2.05, 4.69) is 24.1 Å². The minimum absolute atomic E-state index is 0.0911. The molecule has 0 radical (unpaired) electrons. The molecule has 0 bridgehead atoms. The highest BCUT2D eigenvalue weighted by Gasteiger charge is 2.28. The number of rotatable bonds is 7. The second-order valence-electron chi connectivity index (χ2n) is 5.63. The molecule has 1 heterocycles. The first-order valence-corrected chi connectivity index (χ1v) is 7.99. The van der Waals surface area contributed by atoms with Crippen molar-refractivity contribution in [1.29, 1.82) is 0 Å². The third kappa shape index (κ3) is 8.76. The molecule has 0 aliphatic carbocycles. The number of thioether (sulfide) groups is 1. The van der Waals surface area contributed by atoms with E-state index in [1.807, 2.05) is 0 Å². The Morgan fingerprint density at radius 1 is 1.26 bits per heavy atom. The lowest BCUT2D eigenvalue weighted by Crippen LogP contribution is -2.39. The van der Waals surface area contributed by atoms with E-state index in [0.29, 0.717) is 18.4 Å². The SMILES string of the molecule is CC(C)CNCC1CCN(CCSC(F)(F)F)CC1. The van der Waals surface area contributed by atoms with Gasteiger partial charge < -0.3 is 10.2 Å². The summed E-state index contributed by atoms with van der Waals surface area (Å²) in [6, 6.07) is 0. The molecule has 1 aliphatic heterocycles. The van der Waals surface area contributed by atoms with Gasteiger partial charge in [0.05, 0.1) is 0 Å². The summed E-state index contributed by atoms with van der Waals surface area (Å²) >= 11 is 0.0911. The third-order valence-electron chi connectivity index (χ3n) is 3.37. The maximum absolute atomic E-state index is 12.0. The van der Waals surface area contributed by atoms with Crippen LogP contribution in [0.25, 0.3) is 0 Å². The molecule has 0 aromatic heterocycles. The summed E-state index contributed by atoms with van der Waals surface area (Å²) in [5, 5.41) is 3.46. The summed E-state index contributed by atoms with van der Waals surface area (Å²) in [5.41, 5.74) is -4.08. The number of alkyl halides is 3. The van der Waals surface area contributed by atoms with E-state index in [0.717, 1.165) is 39.0 Å². The Hall–Kier alpha value is 0.0600. The van der Waals surface area contributed by atoms with E-state index in [1.165, 1.54) is 0 Å². The highest BCUT2D eigenvalue weighted by Crippen LogP contribution is 2.30. The molecule has 19 heavy (non-hydrogen) atoms. The van der Waals surface area contributed by atoms with Gasteiger partial charge in [0.2, 0.25) is 0 Å². The fraction of sp³-hybridized carbons (Fsp3) is 1.00. The van der Waals surface area contributed by atoms with Crippen molar-refractivity contribution >= 4 is 11.8 Å². The van der Waals surface area contributed by atoms with Crippen LogP contribution in [0, 0.1) is 11.8 Å². The number of hydrogen-bond acceptors (Lipinski definition) is 3. The van der Waals surface area contributed by atoms with Gasteiger partial charge in [-0.05, 0) is 62.6 Å². The standard InChI is InChI=1S/C13H25F3N2S/c1-11(2)9-17-10-12-3-5-18(6-4-12)7-8-19-13(14,15)16/h11-12,17H,3-10H2,1-2H3. The lowest BCUT2D eigenvalue weighted by molar-refractivity contribution is -0.0329. The molecule has 1 fully saturated rings. The molecule has 0 saturated carbocycles. The maximum Gasteiger partial charge on any atom is 0.441 e. The highest BCUT2D eigenvalue weighted by atomic mass is 32.2. The Balaban J connectivity index is 2.05. The van der Waals surface area contributed by atoms with Gasteiger partial charge in [0.15, 0.2) is 0 Å². The normalized spacial score (nSPS) is 19.3. The summed E-state index contributed by atoms with van der Waals surface area (Å²) < 4.78 is 36.0. The number of hydrogen-bond donors (Lipinski definition) is 1. The predicted molar refractivity (Wildman–Crippen MR) is 75.4 cm³/mol. The molecule has 1 aliphatic rings. The van der Waals surface area contributed by atoms with E-state index in [-0.39, 0.29) is 17.5 Å². The molecule has 6 heteroatoms. The van der Waals surface area contributed by atoms with Gasteiger partial charge in [-0.15, -0.1) is 0 Å². The summed E-state index contributed by atoms with van der Waals surface area (Å²) in [5.74, 6) is 1.50. The van der Waals surface area contributed by atoms with Crippen LogP contribution in [0.4, 0.5) is 13.2 Å². The van der Waals surface area contributed by atoms with Crippen LogP contribution in [0.3, 0.4) is 0 Å². The van der Waals surface area contributed by atoms with Crippen LogP contribution >= 0.6 is 11.8 Å². The second kappa shape index (κ2) is 8.37. The van der Waals surface area contributed by atoms with Gasteiger partial charge in [0, 0.05) is 12.3 Å². The zero-order valence-corrected chi connectivity index (χ0v) is 12.6. The van der Waals surface area contributed by atoms with Crippen LogP contribution in [0.2, 0.25) is 0 Å². The maximum atomic E-state index is 12.0.